The van der Waals surface area contributed by atoms with Crippen LogP contribution in [0.1, 0.15) is 18.7 Å². The van der Waals surface area contributed by atoms with E-state index in [0.717, 1.165) is 15.4 Å². The summed E-state index contributed by atoms with van der Waals surface area (Å²) in [5.74, 6) is 0. The fourth-order valence-corrected chi connectivity index (χ4v) is 2.94. The van der Waals surface area contributed by atoms with E-state index in [2.05, 4.69) is 9.97 Å². The largest absolute Gasteiger partial charge is 0.465 e. The third-order valence-corrected chi connectivity index (χ3v) is 4.31. The second-order valence-corrected chi connectivity index (χ2v) is 6.32. The molecule has 0 aromatic carbocycles. The van der Waals surface area contributed by atoms with Gasteiger partial charge in [0.25, 0.3) is 0 Å². The van der Waals surface area contributed by atoms with Crippen LogP contribution in [0.2, 0.25) is 0 Å². The molecule has 2 aromatic rings. The number of hydrogen-bond donors (Lipinski definition) is 1. The van der Waals surface area contributed by atoms with E-state index < -0.39 is 11.6 Å². The molecule has 0 saturated heterocycles. The molecule has 2 aromatic heterocycles. The van der Waals surface area contributed by atoms with Gasteiger partial charge in [-0.15, -0.1) is 11.3 Å². The molecular formula is C14H17N3O2S. The topological polar surface area (TPSA) is 66.3 Å². The van der Waals surface area contributed by atoms with E-state index >= 15 is 0 Å². The maximum atomic E-state index is 11.1. The predicted molar refractivity (Wildman–Crippen MR) is 78.9 cm³/mol. The van der Waals surface area contributed by atoms with Crippen LogP contribution in [0.5, 0.6) is 0 Å². The number of carboxylic acid groups (broad SMARTS) is 1. The number of likely N-dealkylation sites (N-methyl/N-ethyl adjacent to an activating group) is 1. The van der Waals surface area contributed by atoms with E-state index in [1.54, 1.807) is 30.8 Å². The fourth-order valence-electron chi connectivity index (χ4n) is 1.82. The molecule has 0 radical (unpaired) electrons. The van der Waals surface area contributed by atoms with Crippen molar-refractivity contribution in [2.75, 3.05) is 7.05 Å². The van der Waals surface area contributed by atoms with Crippen molar-refractivity contribution in [2.45, 2.75) is 25.8 Å². The third-order valence-electron chi connectivity index (χ3n) is 3.26. The summed E-state index contributed by atoms with van der Waals surface area (Å²) in [6, 6.07) is 3.84. The molecule has 1 N–H and O–H groups in total. The Balaban J connectivity index is 2.16. The molecule has 0 atom stereocenters. The molecule has 20 heavy (non-hydrogen) atoms. The SMILES string of the molecule is CN(C(=O)O)C(C)(C)Cc1cnc(-c2cccnc2)s1. The Labute approximate surface area is 121 Å². The van der Waals surface area contributed by atoms with Crippen molar-refractivity contribution in [3.63, 3.8) is 0 Å². The van der Waals surface area contributed by atoms with Gasteiger partial charge in [0.05, 0.1) is 0 Å². The van der Waals surface area contributed by atoms with Gasteiger partial charge in [0, 0.05) is 48.0 Å². The van der Waals surface area contributed by atoms with Gasteiger partial charge in [0.15, 0.2) is 0 Å². The van der Waals surface area contributed by atoms with Crippen LogP contribution >= 0.6 is 11.3 Å². The molecular weight excluding hydrogens is 274 g/mol. The first-order valence-electron chi connectivity index (χ1n) is 6.22. The molecule has 0 aliphatic heterocycles. The van der Waals surface area contributed by atoms with E-state index in [-0.39, 0.29) is 0 Å². The molecule has 0 saturated carbocycles. The van der Waals surface area contributed by atoms with E-state index in [1.165, 1.54) is 4.90 Å². The molecule has 1 amide bonds. The van der Waals surface area contributed by atoms with Gasteiger partial charge in [-0.2, -0.15) is 0 Å². The van der Waals surface area contributed by atoms with Crippen LogP contribution in [0.4, 0.5) is 4.79 Å². The average Bonchev–Trinajstić information content (AvgIpc) is 2.86. The fraction of sp³-hybridized carbons (Fsp3) is 0.357. The Hall–Kier alpha value is -1.95. The van der Waals surface area contributed by atoms with Gasteiger partial charge in [0.1, 0.15) is 5.01 Å². The third kappa shape index (κ3) is 3.14. The summed E-state index contributed by atoms with van der Waals surface area (Å²) in [6.45, 7) is 3.81. The highest BCUT2D eigenvalue weighted by Crippen LogP contribution is 2.28. The molecule has 5 nitrogen and oxygen atoms in total. The Morgan fingerprint density at radius 3 is 2.80 bits per heavy atom. The van der Waals surface area contributed by atoms with Crippen molar-refractivity contribution in [1.29, 1.82) is 0 Å². The summed E-state index contributed by atoms with van der Waals surface area (Å²) in [4.78, 5) is 21.9. The van der Waals surface area contributed by atoms with Crippen molar-refractivity contribution in [3.8, 4) is 10.6 Å². The van der Waals surface area contributed by atoms with Gasteiger partial charge in [0.2, 0.25) is 0 Å². The minimum atomic E-state index is -0.924. The highest BCUT2D eigenvalue weighted by molar-refractivity contribution is 7.15. The zero-order valence-electron chi connectivity index (χ0n) is 11.7. The zero-order chi connectivity index (χ0) is 14.8. The molecule has 0 bridgehead atoms. The Bertz CT molecular complexity index is 595. The van der Waals surface area contributed by atoms with Crippen molar-refractivity contribution in [3.05, 3.63) is 35.6 Å². The lowest BCUT2D eigenvalue weighted by atomic mass is 9.98. The Kier molecular flexibility index (Phi) is 4.04. The number of carbonyl (C=O) groups is 1. The summed E-state index contributed by atoms with van der Waals surface area (Å²) < 4.78 is 0. The van der Waals surface area contributed by atoms with Crippen LogP contribution < -0.4 is 0 Å². The van der Waals surface area contributed by atoms with Gasteiger partial charge in [-0.1, -0.05) is 0 Å². The summed E-state index contributed by atoms with van der Waals surface area (Å²) >= 11 is 1.57. The molecule has 0 unspecified atom stereocenters. The average molecular weight is 291 g/mol. The Morgan fingerprint density at radius 1 is 1.45 bits per heavy atom. The molecule has 2 heterocycles. The van der Waals surface area contributed by atoms with E-state index in [0.29, 0.717) is 6.42 Å². The van der Waals surface area contributed by atoms with E-state index in [4.69, 9.17) is 5.11 Å². The van der Waals surface area contributed by atoms with Gasteiger partial charge in [-0.3, -0.25) is 4.98 Å². The second kappa shape index (κ2) is 5.58. The van der Waals surface area contributed by atoms with Crippen molar-refractivity contribution in [2.24, 2.45) is 0 Å². The molecule has 6 heteroatoms. The van der Waals surface area contributed by atoms with Crippen molar-refractivity contribution < 1.29 is 9.90 Å². The zero-order valence-corrected chi connectivity index (χ0v) is 12.5. The highest BCUT2D eigenvalue weighted by Gasteiger charge is 2.28. The van der Waals surface area contributed by atoms with Gasteiger partial charge >= 0.3 is 6.09 Å². The van der Waals surface area contributed by atoms with Crippen LogP contribution in [0.3, 0.4) is 0 Å². The molecule has 106 valence electrons. The minimum absolute atomic E-state index is 0.468. The summed E-state index contributed by atoms with van der Waals surface area (Å²) in [7, 11) is 1.59. The number of pyridine rings is 1. The van der Waals surface area contributed by atoms with E-state index in [1.807, 2.05) is 32.2 Å². The number of thiazole rings is 1. The lowest BCUT2D eigenvalue weighted by molar-refractivity contribution is 0.110. The first-order valence-corrected chi connectivity index (χ1v) is 7.03. The molecule has 2 rings (SSSR count). The van der Waals surface area contributed by atoms with Crippen LogP contribution in [-0.4, -0.2) is 38.7 Å². The van der Waals surface area contributed by atoms with Crippen molar-refractivity contribution in [1.82, 2.24) is 14.9 Å². The first kappa shape index (κ1) is 14.5. The first-order chi connectivity index (χ1) is 9.40. The summed E-state index contributed by atoms with van der Waals surface area (Å²) in [5.41, 5.74) is 0.512. The van der Waals surface area contributed by atoms with Crippen LogP contribution in [0.15, 0.2) is 30.7 Å². The summed E-state index contributed by atoms with van der Waals surface area (Å²) in [6.07, 6.45) is 5.02. The van der Waals surface area contributed by atoms with Gasteiger partial charge in [-0.25, -0.2) is 9.78 Å². The van der Waals surface area contributed by atoms with Crippen LogP contribution in [0, 0.1) is 0 Å². The van der Waals surface area contributed by atoms with Crippen LogP contribution in [-0.2, 0) is 6.42 Å². The summed E-state index contributed by atoms with van der Waals surface area (Å²) in [5, 5.41) is 9.99. The second-order valence-electron chi connectivity index (χ2n) is 5.20. The molecule has 0 fully saturated rings. The number of amides is 1. The maximum Gasteiger partial charge on any atom is 0.407 e. The highest BCUT2D eigenvalue weighted by atomic mass is 32.1. The number of aromatic nitrogens is 2. The lowest BCUT2D eigenvalue weighted by Gasteiger charge is -2.33. The van der Waals surface area contributed by atoms with Gasteiger partial charge in [-0.05, 0) is 26.0 Å². The quantitative estimate of drug-likeness (QED) is 0.939. The monoisotopic (exact) mass is 291 g/mol. The number of rotatable bonds is 4. The molecule has 0 spiro atoms. The van der Waals surface area contributed by atoms with Crippen molar-refractivity contribution >= 4 is 17.4 Å². The Morgan fingerprint density at radius 2 is 2.20 bits per heavy atom. The lowest BCUT2D eigenvalue weighted by Crippen LogP contribution is -2.45. The normalized spacial score (nSPS) is 11.3. The molecule has 0 aliphatic rings. The van der Waals surface area contributed by atoms with E-state index in [9.17, 15) is 4.79 Å². The predicted octanol–water partition coefficient (Wildman–Crippen LogP) is 3.14. The number of nitrogens with zero attached hydrogens (tertiary/aromatic N) is 3. The van der Waals surface area contributed by atoms with Crippen LogP contribution in [0.25, 0.3) is 10.6 Å². The number of hydrogen-bond acceptors (Lipinski definition) is 4. The smallest absolute Gasteiger partial charge is 0.407 e. The minimum Gasteiger partial charge on any atom is -0.465 e. The standard InChI is InChI=1S/C14H17N3O2S/c1-14(2,17(3)13(18)19)7-11-9-16-12(20-11)10-5-4-6-15-8-10/h4-6,8-9H,7H2,1-3H3,(H,18,19). The van der Waals surface area contributed by atoms with Gasteiger partial charge < -0.3 is 10.0 Å². The maximum absolute atomic E-state index is 11.1. The molecule has 0 aliphatic carbocycles.